The summed E-state index contributed by atoms with van der Waals surface area (Å²) in [5.41, 5.74) is 0.900. The number of anilines is 1. The Morgan fingerprint density at radius 3 is 2.48 bits per heavy atom. The zero-order valence-electron chi connectivity index (χ0n) is 13.1. The van der Waals surface area contributed by atoms with Gasteiger partial charge in [-0.25, -0.2) is 4.79 Å². The molecule has 0 N–H and O–H groups in total. The van der Waals surface area contributed by atoms with Gasteiger partial charge in [0.15, 0.2) is 0 Å². The number of piperazine rings is 1. The van der Waals surface area contributed by atoms with Gasteiger partial charge in [0.1, 0.15) is 12.1 Å². The van der Waals surface area contributed by atoms with E-state index in [4.69, 9.17) is 0 Å². The molecule has 0 spiro atoms. The third-order valence-corrected chi connectivity index (χ3v) is 4.78. The minimum atomic E-state index is -0.620. The fourth-order valence-electron chi connectivity index (χ4n) is 3.53. The number of isocyanates is 1. The van der Waals surface area contributed by atoms with Crippen LogP contribution in [0.1, 0.15) is 31.2 Å². The molecule has 1 aliphatic heterocycles. The van der Waals surface area contributed by atoms with Crippen molar-refractivity contribution in [3.8, 4) is 0 Å². The second-order valence-electron chi connectivity index (χ2n) is 6.19. The zero-order valence-corrected chi connectivity index (χ0v) is 13.1. The Labute approximate surface area is 134 Å². The molecule has 2 amide bonds. The van der Waals surface area contributed by atoms with E-state index in [1.54, 1.807) is 13.1 Å². The lowest BCUT2D eigenvalue weighted by Crippen LogP contribution is -2.52. The van der Waals surface area contributed by atoms with Crippen LogP contribution in [0.5, 0.6) is 0 Å². The highest BCUT2D eigenvalue weighted by molar-refractivity contribution is 6.05. The number of hydrogen-bond donors (Lipinski definition) is 0. The summed E-state index contributed by atoms with van der Waals surface area (Å²) in [6.45, 7) is 0.0876. The summed E-state index contributed by atoms with van der Waals surface area (Å²) < 4.78 is 0. The van der Waals surface area contributed by atoms with Crippen molar-refractivity contribution in [2.24, 2.45) is 4.99 Å². The van der Waals surface area contributed by atoms with Crippen LogP contribution in [0, 0.1) is 0 Å². The third kappa shape index (κ3) is 2.66. The van der Waals surface area contributed by atoms with E-state index in [9.17, 15) is 14.4 Å². The molecule has 0 aromatic heterocycles. The van der Waals surface area contributed by atoms with Crippen LogP contribution in [0.4, 0.5) is 5.69 Å². The molecule has 0 radical (unpaired) electrons. The van der Waals surface area contributed by atoms with E-state index in [2.05, 4.69) is 4.99 Å². The van der Waals surface area contributed by atoms with E-state index in [0.717, 1.165) is 31.2 Å². The first kappa shape index (κ1) is 15.4. The minimum absolute atomic E-state index is 0.0211. The van der Waals surface area contributed by atoms with E-state index in [1.165, 1.54) is 9.80 Å². The number of nitrogens with zero attached hydrogens (tertiary/aromatic N) is 3. The summed E-state index contributed by atoms with van der Waals surface area (Å²) in [6.07, 6.45) is 5.18. The fourth-order valence-corrected chi connectivity index (χ4v) is 3.53. The Hall–Kier alpha value is -2.46. The van der Waals surface area contributed by atoms with Crippen LogP contribution < -0.4 is 4.90 Å². The fraction of sp³-hybridized carbons (Fsp3) is 0.471. The highest BCUT2D eigenvalue weighted by atomic mass is 16.2. The van der Waals surface area contributed by atoms with Gasteiger partial charge in [-0.3, -0.25) is 9.59 Å². The van der Waals surface area contributed by atoms with E-state index in [0.29, 0.717) is 5.69 Å². The zero-order chi connectivity index (χ0) is 16.4. The number of para-hydroxylation sites is 1. The van der Waals surface area contributed by atoms with Crippen LogP contribution in [0.25, 0.3) is 0 Å². The molecule has 1 aromatic rings. The van der Waals surface area contributed by atoms with E-state index >= 15 is 0 Å². The normalized spacial score (nSPS) is 20.6. The Bertz CT molecular complexity index is 688. The quantitative estimate of drug-likeness (QED) is 0.628. The van der Waals surface area contributed by atoms with Gasteiger partial charge in [-0.05, 0) is 18.9 Å². The molecule has 23 heavy (non-hydrogen) atoms. The number of hydrogen-bond acceptors (Lipinski definition) is 4. The molecule has 1 heterocycles. The molecule has 2 fully saturated rings. The molecule has 120 valence electrons. The minimum Gasteiger partial charge on any atom is -0.335 e. The maximum absolute atomic E-state index is 12.4. The van der Waals surface area contributed by atoms with E-state index in [1.807, 2.05) is 24.3 Å². The highest BCUT2D eigenvalue weighted by Gasteiger charge is 2.40. The molecule has 6 nitrogen and oxygen atoms in total. The molecular weight excluding hydrogens is 294 g/mol. The lowest BCUT2D eigenvalue weighted by Gasteiger charge is -2.35. The SMILES string of the molecule is CN1CC(=O)N(c2ccccc2C2(N=C=O)CCCC2)CC1=O. The average molecular weight is 313 g/mol. The lowest BCUT2D eigenvalue weighted by atomic mass is 9.87. The Kier molecular flexibility index (Phi) is 4.01. The van der Waals surface area contributed by atoms with Crippen LogP contribution in [0.3, 0.4) is 0 Å². The lowest BCUT2D eigenvalue weighted by molar-refractivity contribution is -0.136. The van der Waals surface area contributed by atoms with Crippen molar-refractivity contribution in [1.29, 1.82) is 0 Å². The van der Waals surface area contributed by atoms with Crippen LogP contribution >= 0.6 is 0 Å². The smallest absolute Gasteiger partial charge is 0.247 e. The molecule has 1 saturated carbocycles. The van der Waals surface area contributed by atoms with Gasteiger partial charge in [0.2, 0.25) is 17.9 Å². The van der Waals surface area contributed by atoms with Gasteiger partial charge in [0.05, 0.1) is 6.54 Å². The molecular formula is C17H19N3O3. The van der Waals surface area contributed by atoms with Gasteiger partial charge in [0, 0.05) is 18.3 Å². The van der Waals surface area contributed by atoms with Gasteiger partial charge in [0.25, 0.3) is 0 Å². The summed E-state index contributed by atoms with van der Waals surface area (Å²) in [7, 11) is 1.62. The first-order chi connectivity index (χ1) is 11.1. The van der Waals surface area contributed by atoms with Crippen LogP contribution in [-0.4, -0.2) is 42.9 Å². The summed E-state index contributed by atoms with van der Waals surface area (Å²) >= 11 is 0. The Morgan fingerprint density at radius 1 is 1.09 bits per heavy atom. The second kappa shape index (κ2) is 5.97. The maximum atomic E-state index is 12.4. The molecule has 1 aromatic carbocycles. The summed E-state index contributed by atoms with van der Waals surface area (Å²) in [5.74, 6) is -0.221. The predicted molar refractivity (Wildman–Crippen MR) is 84.7 cm³/mol. The summed E-state index contributed by atoms with van der Waals surface area (Å²) in [5, 5.41) is 0. The summed E-state index contributed by atoms with van der Waals surface area (Å²) in [6, 6.07) is 7.44. The summed E-state index contributed by atoms with van der Waals surface area (Å²) in [4.78, 5) is 42.4. The first-order valence-corrected chi connectivity index (χ1v) is 7.80. The topological polar surface area (TPSA) is 70.1 Å². The van der Waals surface area contributed by atoms with Crippen molar-refractivity contribution in [1.82, 2.24) is 4.90 Å². The van der Waals surface area contributed by atoms with Crippen LogP contribution in [0.15, 0.2) is 29.3 Å². The van der Waals surface area contributed by atoms with Crippen molar-refractivity contribution in [2.75, 3.05) is 25.0 Å². The number of carbonyl (C=O) groups is 2. The van der Waals surface area contributed by atoms with Crippen LogP contribution in [0.2, 0.25) is 0 Å². The van der Waals surface area contributed by atoms with Crippen molar-refractivity contribution >= 4 is 23.6 Å². The number of aliphatic imine (C=N–C) groups is 1. The maximum Gasteiger partial charge on any atom is 0.247 e. The molecule has 0 atom stereocenters. The van der Waals surface area contributed by atoms with E-state index < -0.39 is 5.54 Å². The molecule has 0 unspecified atom stereocenters. The van der Waals surface area contributed by atoms with Gasteiger partial charge in [-0.2, -0.15) is 4.99 Å². The van der Waals surface area contributed by atoms with Crippen molar-refractivity contribution < 1.29 is 14.4 Å². The molecule has 0 bridgehead atoms. The standard InChI is InChI=1S/C17H19N3O3/c1-19-10-16(23)20(11-15(19)22)14-7-3-2-6-13(14)17(18-12-21)8-4-5-9-17/h2-3,6-7H,4-5,8-11H2,1H3. The Balaban J connectivity index is 2.06. The van der Waals surface area contributed by atoms with Gasteiger partial charge >= 0.3 is 0 Å². The molecule has 6 heteroatoms. The van der Waals surface area contributed by atoms with Gasteiger partial charge in [-0.1, -0.05) is 31.0 Å². The largest absolute Gasteiger partial charge is 0.335 e. The average Bonchev–Trinajstić information content (AvgIpc) is 3.01. The van der Waals surface area contributed by atoms with Crippen LogP contribution in [-0.2, 0) is 19.9 Å². The van der Waals surface area contributed by atoms with Gasteiger partial charge in [-0.15, -0.1) is 0 Å². The third-order valence-electron chi connectivity index (χ3n) is 4.78. The second-order valence-corrected chi connectivity index (χ2v) is 6.19. The molecule has 2 aliphatic rings. The Morgan fingerprint density at radius 2 is 1.78 bits per heavy atom. The van der Waals surface area contributed by atoms with Crippen molar-refractivity contribution in [3.05, 3.63) is 29.8 Å². The number of likely N-dealkylation sites (N-methyl/N-ethyl adjacent to an activating group) is 1. The van der Waals surface area contributed by atoms with Crippen molar-refractivity contribution in [3.63, 3.8) is 0 Å². The number of benzene rings is 1. The van der Waals surface area contributed by atoms with Gasteiger partial charge < -0.3 is 9.80 Å². The number of amides is 2. The highest BCUT2D eigenvalue weighted by Crippen LogP contribution is 2.45. The van der Waals surface area contributed by atoms with Crippen molar-refractivity contribution in [2.45, 2.75) is 31.2 Å². The number of carbonyl (C=O) groups excluding carboxylic acids is 3. The molecule has 1 aliphatic carbocycles. The predicted octanol–water partition coefficient (Wildman–Crippen LogP) is 1.60. The van der Waals surface area contributed by atoms with E-state index in [-0.39, 0.29) is 24.9 Å². The molecule has 1 saturated heterocycles. The number of rotatable bonds is 3. The molecule has 3 rings (SSSR count). The first-order valence-electron chi connectivity index (χ1n) is 7.80. The monoisotopic (exact) mass is 313 g/mol.